The fraction of sp³-hybridized carbons (Fsp3) is 1.00. The standard InChI is InChI=1S/C12H22BO6P/c1-7(2)16-5-12-6-17-9(11(13)18-12)10(12)19-20(14,15)8(3)4/h7-11H,5-6H2,1-4H3,(H,14,15)/t9-,10+,11-,12+/m1/s1. The molecule has 5 atom stereocenters. The molecular formula is C12H22BO6P. The Balaban J connectivity index is 2.15. The lowest BCUT2D eigenvalue weighted by Crippen LogP contribution is -2.47. The highest BCUT2D eigenvalue weighted by Gasteiger charge is 2.62. The van der Waals surface area contributed by atoms with E-state index in [9.17, 15) is 9.46 Å². The van der Waals surface area contributed by atoms with Gasteiger partial charge in [-0.15, -0.1) is 0 Å². The molecule has 2 radical (unpaired) electrons. The maximum atomic E-state index is 12.1. The summed E-state index contributed by atoms with van der Waals surface area (Å²) in [6, 6.07) is -0.670. The third-order valence-electron chi connectivity index (χ3n) is 3.61. The summed E-state index contributed by atoms with van der Waals surface area (Å²) in [7, 11) is 2.11. The van der Waals surface area contributed by atoms with Gasteiger partial charge in [0.2, 0.25) is 0 Å². The summed E-state index contributed by atoms with van der Waals surface area (Å²) < 4.78 is 34.4. The van der Waals surface area contributed by atoms with E-state index in [-0.39, 0.29) is 19.3 Å². The summed E-state index contributed by atoms with van der Waals surface area (Å²) >= 11 is 0. The molecule has 2 aliphatic rings. The third kappa shape index (κ3) is 2.98. The molecule has 2 fully saturated rings. The second kappa shape index (κ2) is 5.71. The van der Waals surface area contributed by atoms with Crippen LogP contribution in [-0.4, -0.2) is 61.5 Å². The van der Waals surface area contributed by atoms with Crippen LogP contribution >= 0.6 is 7.60 Å². The minimum absolute atomic E-state index is 0.00975. The van der Waals surface area contributed by atoms with E-state index in [0.717, 1.165) is 0 Å². The predicted octanol–water partition coefficient (Wildman–Crippen LogP) is 1.05. The van der Waals surface area contributed by atoms with Gasteiger partial charge in [0, 0.05) is 6.00 Å². The monoisotopic (exact) mass is 304 g/mol. The lowest BCUT2D eigenvalue weighted by molar-refractivity contribution is -0.152. The van der Waals surface area contributed by atoms with E-state index >= 15 is 0 Å². The zero-order valence-electron chi connectivity index (χ0n) is 12.3. The van der Waals surface area contributed by atoms with Crippen LogP contribution in [-0.2, 0) is 23.3 Å². The molecule has 0 saturated carbocycles. The first-order chi connectivity index (χ1) is 9.18. The van der Waals surface area contributed by atoms with Gasteiger partial charge in [-0.05, 0) is 13.8 Å². The lowest BCUT2D eigenvalue weighted by atomic mass is 9.92. The smallest absolute Gasteiger partial charge is 0.331 e. The molecule has 1 N–H and O–H groups in total. The Labute approximate surface area is 121 Å². The van der Waals surface area contributed by atoms with Gasteiger partial charge in [0.1, 0.15) is 25.7 Å². The van der Waals surface area contributed by atoms with Gasteiger partial charge in [0.15, 0.2) is 0 Å². The lowest BCUT2D eigenvalue weighted by Gasteiger charge is -2.32. The van der Waals surface area contributed by atoms with Gasteiger partial charge in [-0.25, -0.2) is 0 Å². The SMILES string of the molecule is [B][C@@H]1O[C@@]2(COC(C)C)CO[C@@H]1[C@@H]2OP(=O)(O)C(C)C. The Hall–Kier alpha value is 0.0949. The molecule has 0 aromatic heterocycles. The fourth-order valence-electron chi connectivity index (χ4n) is 2.32. The van der Waals surface area contributed by atoms with Crippen molar-refractivity contribution in [3.63, 3.8) is 0 Å². The predicted molar refractivity (Wildman–Crippen MR) is 74.0 cm³/mol. The van der Waals surface area contributed by atoms with Crippen molar-refractivity contribution in [2.24, 2.45) is 0 Å². The molecule has 0 aliphatic carbocycles. The van der Waals surface area contributed by atoms with E-state index in [1.807, 2.05) is 13.8 Å². The Kier molecular flexibility index (Phi) is 4.70. The zero-order chi connectivity index (χ0) is 15.1. The van der Waals surface area contributed by atoms with E-state index in [0.29, 0.717) is 0 Å². The topological polar surface area (TPSA) is 74.2 Å². The Bertz CT molecular complexity index is 403. The van der Waals surface area contributed by atoms with Crippen LogP contribution in [0.4, 0.5) is 0 Å². The maximum absolute atomic E-state index is 12.1. The van der Waals surface area contributed by atoms with Crippen LogP contribution in [0.3, 0.4) is 0 Å². The van der Waals surface area contributed by atoms with Crippen molar-refractivity contribution in [1.82, 2.24) is 0 Å². The molecule has 114 valence electrons. The van der Waals surface area contributed by atoms with Crippen LogP contribution in [0.25, 0.3) is 0 Å². The van der Waals surface area contributed by atoms with Gasteiger partial charge in [-0.2, -0.15) is 0 Å². The van der Waals surface area contributed by atoms with E-state index in [1.54, 1.807) is 13.8 Å². The van der Waals surface area contributed by atoms with Gasteiger partial charge >= 0.3 is 7.60 Å². The van der Waals surface area contributed by atoms with Gasteiger partial charge in [0.25, 0.3) is 0 Å². The minimum Gasteiger partial charge on any atom is -0.376 e. The normalized spacial score (nSPS) is 39.6. The summed E-state index contributed by atoms with van der Waals surface area (Å²) in [5.74, 6) is 0. The summed E-state index contributed by atoms with van der Waals surface area (Å²) in [5.41, 5.74) is -1.40. The molecule has 0 aromatic rings. The summed E-state index contributed by atoms with van der Waals surface area (Å²) in [6.45, 7) is 7.55. The molecule has 0 spiro atoms. The van der Waals surface area contributed by atoms with Crippen molar-refractivity contribution in [3.05, 3.63) is 0 Å². The van der Waals surface area contributed by atoms with Crippen molar-refractivity contribution in [2.45, 2.75) is 63.3 Å². The first-order valence-electron chi connectivity index (χ1n) is 6.85. The van der Waals surface area contributed by atoms with Crippen molar-refractivity contribution < 1.29 is 28.2 Å². The first-order valence-corrected chi connectivity index (χ1v) is 8.50. The van der Waals surface area contributed by atoms with E-state index in [2.05, 4.69) is 0 Å². The highest BCUT2D eigenvalue weighted by atomic mass is 31.2. The molecule has 2 heterocycles. The second-order valence-electron chi connectivity index (χ2n) is 5.97. The van der Waals surface area contributed by atoms with E-state index < -0.39 is 37.1 Å². The highest BCUT2D eigenvalue weighted by molar-refractivity contribution is 7.53. The van der Waals surface area contributed by atoms with Crippen LogP contribution in [0.2, 0.25) is 0 Å². The quantitative estimate of drug-likeness (QED) is 0.584. The maximum Gasteiger partial charge on any atom is 0.331 e. The Morgan fingerprint density at radius 2 is 2.10 bits per heavy atom. The van der Waals surface area contributed by atoms with Crippen LogP contribution in [0, 0.1) is 0 Å². The summed E-state index contributed by atoms with van der Waals surface area (Å²) in [5, 5.41) is 0. The molecule has 2 bridgehead atoms. The van der Waals surface area contributed by atoms with Gasteiger partial charge < -0.3 is 19.1 Å². The third-order valence-corrected chi connectivity index (χ3v) is 5.44. The van der Waals surface area contributed by atoms with Gasteiger partial charge in [0.05, 0.1) is 25.0 Å². The van der Waals surface area contributed by atoms with E-state index in [1.165, 1.54) is 0 Å². The number of fused-ring (bicyclic) bond motifs is 2. The largest absolute Gasteiger partial charge is 0.376 e. The molecule has 2 rings (SSSR count). The minimum atomic E-state index is -3.74. The van der Waals surface area contributed by atoms with Gasteiger partial charge in [-0.3, -0.25) is 9.09 Å². The number of hydrogen-bond donors (Lipinski definition) is 1. The molecule has 0 aromatic carbocycles. The first kappa shape index (κ1) is 16.5. The van der Waals surface area contributed by atoms with Crippen molar-refractivity contribution >= 4 is 15.4 Å². The van der Waals surface area contributed by atoms with E-state index in [4.69, 9.17) is 26.6 Å². The molecule has 8 heteroatoms. The number of ether oxygens (including phenoxy) is 3. The molecule has 20 heavy (non-hydrogen) atoms. The second-order valence-corrected chi connectivity index (χ2v) is 8.34. The van der Waals surface area contributed by atoms with Crippen LogP contribution in [0.1, 0.15) is 27.7 Å². The molecule has 1 unspecified atom stereocenters. The average molecular weight is 304 g/mol. The Morgan fingerprint density at radius 1 is 1.45 bits per heavy atom. The number of rotatable bonds is 6. The number of hydrogen-bond acceptors (Lipinski definition) is 5. The van der Waals surface area contributed by atoms with Crippen LogP contribution in [0.15, 0.2) is 0 Å². The molecular weight excluding hydrogens is 282 g/mol. The summed E-state index contributed by atoms with van der Waals surface area (Å²) in [6.07, 6.45) is -1.21. The molecule has 6 nitrogen and oxygen atoms in total. The molecule has 0 amide bonds. The molecule has 2 saturated heterocycles. The highest BCUT2D eigenvalue weighted by Crippen LogP contribution is 2.54. The van der Waals surface area contributed by atoms with Crippen LogP contribution < -0.4 is 0 Å². The van der Waals surface area contributed by atoms with Crippen LogP contribution in [0.5, 0.6) is 0 Å². The average Bonchev–Trinajstić information content (AvgIpc) is 2.77. The van der Waals surface area contributed by atoms with Crippen molar-refractivity contribution in [1.29, 1.82) is 0 Å². The van der Waals surface area contributed by atoms with Gasteiger partial charge in [-0.1, -0.05) is 13.8 Å². The Morgan fingerprint density at radius 3 is 2.60 bits per heavy atom. The van der Waals surface area contributed by atoms with Crippen molar-refractivity contribution in [3.8, 4) is 0 Å². The van der Waals surface area contributed by atoms with Crippen molar-refractivity contribution in [2.75, 3.05) is 13.2 Å². The zero-order valence-corrected chi connectivity index (χ0v) is 13.2. The fourth-order valence-corrected chi connectivity index (χ4v) is 3.20. The summed E-state index contributed by atoms with van der Waals surface area (Å²) in [4.78, 5) is 9.93. The molecule has 2 aliphatic heterocycles.